The number of carbonyl (C=O) groups excluding carboxylic acids is 6. The third kappa shape index (κ3) is 23.6. The molecule has 1 aromatic carbocycles. The van der Waals surface area contributed by atoms with Crippen LogP contribution in [0.1, 0.15) is 109 Å². The van der Waals surface area contributed by atoms with Gasteiger partial charge in [-0.05, 0) is 78.1 Å². The first-order valence-electron chi connectivity index (χ1n) is 23.1. The van der Waals surface area contributed by atoms with E-state index in [4.69, 9.17) is 35.2 Å². The van der Waals surface area contributed by atoms with Crippen LogP contribution in [0.3, 0.4) is 0 Å². The Bertz CT molecular complexity index is 2030. The summed E-state index contributed by atoms with van der Waals surface area (Å²) in [5.41, 5.74) is 13.3. The van der Waals surface area contributed by atoms with Crippen molar-refractivity contribution in [3.63, 3.8) is 0 Å². The van der Waals surface area contributed by atoms with Crippen molar-refractivity contribution in [1.82, 2.24) is 35.5 Å². The fourth-order valence-electron chi connectivity index (χ4n) is 6.26. The van der Waals surface area contributed by atoms with Crippen LogP contribution in [0.15, 0.2) is 30.5 Å². The molecule has 6 N–H and O–H groups in total. The number of Topliss-reactive ketones (excluding diaryl/α,β-unsaturated/α-hetero) is 1. The minimum Gasteiger partial charge on any atom is -0.466 e. The van der Waals surface area contributed by atoms with Gasteiger partial charge in [-0.1, -0.05) is 6.92 Å². The molecule has 1 atom stereocenters. The van der Waals surface area contributed by atoms with Gasteiger partial charge in [0.15, 0.2) is 22.8 Å². The molecular weight excluding hydrogens is 881 g/mol. The van der Waals surface area contributed by atoms with Crippen molar-refractivity contribution in [1.29, 1.82) is 0 Å². The molecule has 3 aromatic rings. The summed E-state index contributed by atoms with van der Waals surface area (Å²) in [6.07, 6.45) is 3.57. The van der Waals surface area contributed by atoms with Gasteiger partial charge in [-0.3, -0.25) is 28.8 Å². The SMILES string of the molecule is CCCNC(=O)CCOCCOCCOC.CCOC(=O)CCC(=O)N(CC)CCCNC(=O)CC[C@@H](CC(=O)c1ccc(N(C)Cc2cnc3nc(N)nc(N)c3n2)cc1)C(=O)OC(C)(C)C. The first-order valence-corrected chi connectivity index (χ1v) is 23.1. The fraction of sp³-hybridized carbons (Fsp3) is 0.617. The number of hydrogen-bond acceptors (Lipinski definition) is 18. The van der Waals surface area contributed by atoms with Crippen LogP contribution >= 0.6 is 0 Å². The Kier molecular flexibility index (Phi) is 27.2. The lowest BCUT2D eigenvalue weighted by molar-refractivity contribution is -0.160. The summed E-state index contributed by atoms with van der Waals surface area (Å²) < 4.78 is 25.7. The zero-order chi connectivity index (χ0) is 50.5. The van der Waals surface area contributed by atoms with Crippen LogP contribution in [0.25, 0.3) is 11.2 Å². The minimum absolute atomic E-state index is 0.0136. The number of rotatable bonds is 30. The molecular formula is C47H74N10O11. The van der Waals surface area contributed by atoms with E-state index >= 15 is 0 Å². The van der Waals surface area contributed by atoms with Crippen LogP contribution < -0.4 is 27.0 Å². The molecule has 0 spiro atoms. The van der Waals surface area contributed by atoms with Crippen LogP contribution in [0.4, 0.5) is 17.5 Å². The van der Waals surface area contributed by atoms with E-state index in [0.717, 1.165) is 18.7 Å². The monoisotopic (exact) mass is 955 g/mol. The molecule has 0 saturated carbocycles. The van der Waals surface area contributed by atoms with Gasteiger partial charge in [0, 0.05) is 77.3 Å². The van der Waals surface area contributed by atoms with Gasteiger partial charge < -0.3 is 55.6 Å². The van der Waals surface area contributed by atoms with E-state index in [1.807, 2.05) is 25.8 Å². The molecule has 0 bridgehead atoms. The number of ketones is 1. The van der Waals surface area contributed by atoms with Gasteiger partial charge >= 0.3 is 11.9 Å². The van der Waals surface area contributed by atoms with E-state index in [-0.39, 0.29) is 74.0 Å². The molecule has 21 heteroatoms. The Labute approximate surface area is 400 Å². The Balaban J connectivity index is 0.000000843. The smallest absolute Gasteiger partial charge is 0.309 e. The number of fused-ring (bicyclic) bond motifs is 1. The second-order valence-electron chi connectivity index (χ2n) is 16.6. The number of methoxy groups -OCH3 is 1. The van der Waals surface area contributed by atoms with Gasteiger partial charge in [0.25, 0.3) is 0 Å². The van der Waals surface area contributed by atoms with E-state index in [1.165, 1.54) is 0 Å². The lowest BCUT2D eigenvalue weighted by Crippen LogP contribution is -2.35. The number of hydrogen-bond donors (Lipinski definition) is 4. The van der Waals surface area contributed by atoms with Crippen molar-refractivity contribution in [2.75, 3.05) is 96.3 Å². The normalized spacial score (nSPS) is 11.5. The number of amides is 3. The third-order valence-corrected chi connectivity index (χ3v) is 9.78. The molecule has 68 heavy (non-hydrogen) atoms. The van der Waals surface area contributed by atoms with Crippen LogP contribution in [-0.2, 0) is 54.2 Å². The molecule has 0 aliphatic carbocycles. The number of benzene rings is 1. The predicted octanol–water partition coefficient (Wildman–Crippen LogP) is 3.81. The Morgan fingerprint density at radius 1 is 0.809 bits per heavy atom. The highest BCUT2D eigenvalue weighted by molar-refractivity contribution is 5.98. The Morgan fingerprint density at radius 3 is 2.12 bits per heavy atom. The highest BCUT2D eigenvalue weighted by atomic mass is 16.6. The minimum atomic E-state index is -0.828. The number of aromatic nitrogens is 4. The molecule has 2 heterocycles. The topological polar surface area (TPSA) is 283 Å². The van der Waals surface area contributed by atoms with E-state index < -0.39 is 23.5 Å². The molecule has 0 fully saturated rings. The number of nitrogens with two attached hydrogens (primary N) is 2. The first-order chi connectivity index (χ1) is 32.4. The second kappa shape index (κ2) is 31.8. The molecule has 0 saturated heterocycles. The maximum Gasteiger partial charge on any atom is 0.309 e. The van der Waals surface area contributed by atoms with Crippen molar-refractivity contribution in [2.24, 2.45) is 5.92 Å². The number of carbonyl (C=O) groups is 6. The van der Waals surface area contributed by atoms with Crippen LogP contribution in [-0.4, -0.2) is 146 Å². The lowest BCUT2D eigenvalue weighted by Gasteiger charge is -2.24. The summed E-state index contributed by atoms with van der Waals surface area (Å²) in [7, 11) is 3.50. The average Bonchev–Trinajstić information content (AvgIpc) is 3.29. The van der Waals surface area contributed by atoms with Gasteiger partial charge in [0.2, 0.25) is 23.7 Å². The van der Waals surface area contributed by atoms with Gasteiger partial charge in [-0.25, -0.2) is 9.97 Å². The van der Waals surface area contributed by atoms with Crippen LogP contribution in [0.5, 0.6) is 0 Å². The lowest BCUT2D eigenvalue weighted by atomic mass is 9.93. The van der Waals surface area contributed by atoms with E-state index in [1.54, 1.807) is 70.2 Å². The second-order valence-corrected chi connectivity index (χ2v) is 16.6. The summed E-state index contributed by atoms with van der Waals surface area (Å²) in [5.74, 6) is -2.27. The predicted molar refractivity (Wildman–Crippen MR) is 257 cm³/mol. The molecule has 0 unspecified atom stereocenters. The molecule has 0 radical (unpaired) electrons. The molecule has 3 amide bonds. The average molecular weight is 955 g/mol. The van der Waals surface area contributed by atoms with Crippen molar-refractivity contribution in [3.8, 4) is 0 Å². The van der Waals surface area contributed by atoms with Crippen LogP contribution in [0, 0.1) is 5.92 Å². The van der Waals surface area contributed by atoms with Crippen molar-refractivity contribution in [2.45, 2.75) is 105 Å². The zero-order valence-electron chi connectivity index (χ0n) is 41.2. The quantitative estimate of drug-likeness (QED) is 0.0420. The number of esters is 2. The van der Waals surface area contributed by atoms with Gasteiger partial charge in [-0.2, -0.15) is 9.97 Å². The fourth-order valence-corrected chi connectivity index (χ4v) is 6.26. The summed E-state index contributed by atoms with van der Waals surface area (Å²) in [6, 6.07) is 6.97. The van der Waals surface area contributed by atoms with Gasteiger partial charge in [-0.15, -0.1) is 0 Å². The first kappa shape index (κ1) is 58.1. The number of nitrogens with zero attached hydrogens (tertiary/aromatic N) is 6. The molecule has 2 aromatic heterocycles. The molecule has 378 valence electrons. The molecule has 21 nitrogen and oxygen atoms in total. The molecule has 0 aliphatic heterocycles. The molecule has 3 rings (SSSR count). The summed E-state index contributed by atoms with van der Waals surface area (Å²) in [6.45, 7) is 16.1. The summed E-state index contributed by atoms with van der Waals surface area (Å²) in [5, 5.41) is 5.61. The Morgan fingerprint density at radius 2 is 1.47 bits per heavy atom. The van der Waals surface area contributed by atoms with Gasteiger partial charge in [0.05, 0.1) is 70.4 Å². The largest absolute Gasteiger partial charge is 0.466 e. The maximum atomic E-state index is 13.4. The molecule has 0 aliphatic rings. The summed E-state index contributed by atoms with van der Waals surface area (Å²) in [4.78, 5) is 94.7. The standard InChI is InChI=1S/C36H51N9O7.C11H23NO4/c1-7-45(29(48)16-17-30(49)51-8-2)19-9-18-39-28(47)15-12-24(34(50)52-36(3,4)5)20-27(46)23-10-13-26(14-11-23)44(6)22-25-21-40-33-31(41-25)32(37)42-35(38)43-33;1-3-5-12-11(13)4-6-15-9-10-16-8-7-14-2/h10-11,13-14,21,24H,7-9,12,15-20,22H2,1-6H3,(H,39,47)(H4,37,38,40,42,43);3-10H2,1-2H3,(H,12,13)/t24-;/m0./s1. The van der Waals surface area contributed by atoms with E-state index in [9.17, 15) is 28.8 Å². The third-order valence-electron chi connectivity index (χ3n) is 9.78. The number of anilines is 3. The number of nitrogens with one attached hydrogen (secondary N) is 2. The summed E-state index contributed by atoms with van der Waals surface area (Å²) >= 11 is 0. The number of ether oxygens (including phenoxy) is 5. The Hall–Kier alpha value is -6.06. The van der Waals surface area contributed by atoms with E-state index in [2.05, 4.69) is 30.6 Å². The van der Waals surface area contributed by atoms with E-state index in [0.29, 0.717) is 94.5 Å². The van der Waals surface area contributed by atoms with Crippen molar-refractivity contribution >= 4 is 64.1 Å². The highest BCUT2D eigenvalue weighted by Gasteiger charge is 2.28. The number of nitrogen functional groups attached to an aromatic ring is 2. The van der Waals surface area contributed by atoms with Crippen LogP contribution in [0.2, 0.25) is 0 Å². The van der Waals surface area contributed by atoms with Crippen molar-refractivity contribution in [3.05, 3.63) is 41.7 Å². The van der Waals surface area contributed by atoms with Gasteiger partial charge in [0.1, 0.15) is 5.60 Å². The zero-order valence-corrected chi connectivity index (χ0v) is 41.2. The highest BCUT2D eigenvalue weighted by Crippen LogP contribution is 2.23. The maximum absolute atomic E-state index is 13.4. The van der Waals surface area contributed by atoms with Crippen molar-refractivity contribution < 1.29 is 52.5 Å².